The maximum Gasteiger partial charge on any atom is 0.121 e. The maximum atomic E-state index is 5.64. The van der Waals surface area contributed by atoms with Gasteiger partial charge in [-0.3, -0.25) is 0 Å². The molecular weight excluding hydrogens is 404 g/mol. The first kappa shape index (κ1) is 15.3. The van der Waals surface area contributed by atoms with Gasteiger partial charge in [0.15, 0.2) is 0 Å². The molecule has 3 N–H and O–H groups in total. The van der Waals surface area contributed by atoms with Gasteiger partial charge in [0.1, 0.15) is 10.7 Å². The summed E-state index contributed by atoms with van der Waals surface area (Å²) in [6.45, 7) is 0. The number of hydrogen-bond acceptors (Lipinski definition) is 3. The van der Waals surface area contributed by atoms with Crippen LogP contribution in [0.4, 0.5) is 11.4 Å². The van der Waals surface area contributed by atoms with Crippen molar-refractivity contribution >= 4 is 60.4 Å². The Balaban J connectivity index is 2.30. The average Bonchev–Trinajstić information content (AvgIpc) is 2.41. The Morgan fingerprint density at radius 2 is 1.90 bits per heavy atom. The summed E-state index contributed by atoms with van der Waals surface area (Å²) >= 11 is 11.9. The Morgan fingerprint density at radius 3 is 2.50 bits per heavy atom. The number of anilines is 2. The highest BCUT2D eigenvalue weighted by molar-refractivity contribution is 9.11. The summed E-state index contributed by atoms with van der Waals surface area (Å²) in [5.74, 6) is 0.787. The predicted octanol–water partition coefficient (Wildman–Crippen LogP) is 4.60. The van der Waals surface area contributed by atoms with Crippen LogP contribution in [0.5, 0.6) is 5.75 Å². The molecule has 0 amide bonds. The van der Waals surface area contributed by atoms with Crippen LogP contribution in [0, 0.1) is 0 Å². The summed E-state index contributed by atoms with van der Waals surface area (Å²) in [7, 11) is 1.64. The molecule has 0 radical (unpaired) electrons. The van der Waals surface area contributed by atoms with Crippen molar-refractivity contribution in [1.82, 2.24) is 0 Å². The van der Waals surface area contributed by atoms with Gasteiger partial charge in [0.2, 0.25) is 0 Å². The van der Waals surface area contributed by atoms with E-state index < -0.39 is 0 Å². The second-order valence-corrected chi connectivity index (χ2v) is 6.18. The van der Waals surface area contributed by atoms with Gasteiger partial charge in [0, 0.05) is 26.3 Å². The molecule has 2 rings (SSSR count). The van der Waals surface area contributed by atoms with Gasteiger partial charge in [-0.25, -0.2) is 0 Å². The minimum absolute atomic E-state index is 0.367. The van der Waals surface area contributed by atoms with Crippen molar-refractivity contribution < 1.29 is 4.74 Å². The number of thiocarbonyl (C=S) groups is 1. The van der Waals surface area contributed by atoms with Gasteiger partial charge in [-0.2, -0.15) is 0 Å². The lowest BCUT2D eigenvalue weighted by atomic mass is 10.2. The second kappa shape index (κ2) is 6.56. The minimum Gasteiger partial charge on any atom is -0.497 e. The van der Waals surface area contributed by atoms with Crippen LogP contribution in [0.15, 0.2) is 45.3 Å². The normalized spacial score (nSPS) is 10.2. The topological polar surface area (TPSA) is 47.3 Å². The predicted molar refractivity (Wildman–Crippen MR) is 94.0 cm³/mol. The molecule has 0 atom stereocenters. The fourth-order valence-corrected chi connectivity index (χ4v) is 2.92. The molecule has 0 aliphatic carbocycles. The number of methoxy groups -OCH3 is 1. The van der Waals surface area contributed by atoms with Crippen LogP contribution >= 0.6 is 44.1 Å². The number of rotatable bonds is 4. The van der Waals surface area contributed by atoms with E-state index in [4.69, 9.17) is 22.7 Å². The van der Waals surface area contributed by atoms with E-state index in [-0.39, 0.29) is 0 Å². The molecule has 0 bridgehead atoms. The smallest absolute Gasteiger partial charge is 0.121 e. The molecule has 0 saturated heterocycles. The standard InChI is InChI=1S/C14H12Br2N2OS/c1-19-9-3-5-11(15)13(7-9)18-8-2-4-10(14(17)20)12(16)6-8/h2-7,18H,1H3,(H2,17,20). The average molecular weight is 416 g/mol. The van der Waals surface area contributed by atoms with Gasteiger partial charge in [0.25, 0.3) is 0 Å². The van der Waals surface area contributed by atoms with Crippen LogP contribution in [0.1, 0.15) is 5.56 Å². The summed E-state index contributed by atoms with van der Waals surface area (Å²) in [6.07, 6.45) is 0. The Hall–Kier alpha value is -1.11. The number of nitrogens with two attached hydrogens (primary N) is 1. The Labute approximate surface area is 139 Å². The first-order valence-electron chi connectivity index (χ1n) is 5.71. The monoisotopic (exact) mass is 414 g/mol. The third-order valence-electron chi connectivity index (χ3n) is 2.69. The van der Waals surface area contributed by atoms with Gasteiger partial charge in [0.05, 0.1) is 12.8 Å². The first-order valence-corrected chi connectivity index (χ1v) is 7.70. The number of benzene rings is 2. The summed E-state index contributed by atoms with van der Waals surface area (Å²) in [5, 5.41) is 3.31. The summed E-state index contributed by atoms with van der Waals surface area (Å²) in [4.78, 5) is 0.367. The lowest BCUT2D eigenvalue weighted by Crippen LogP contribution is -2.10. The van der Waals surface area contributed by atoms with Crippen molar-refractivity contribution in [3.05, 3.63) is 50.9 Å². The highest BCUT2D eigenvalue weighted by Crippen LogP contribution is 2.31. The third-order valence-corrected chi connectivity index (χ3v) is 4.25. The molecule has 0 saturated carbocycles. The molecule has 20 heavy (non-hydrogen) atoms. The Kier molecular flexibility index (Phi) is 5.01. The molecule has 0 aliphatic rings. The van der Waals surface area contributed by atoms with Crippen LogP contribution in [-0.2, 0) is 0 Å². The van der Waals surface area contributed by atoms with Crippen LogP contribution in [0.25, 0.3) is 0 Å². The van der Waals surface area contributed by atoms with Crippen molar-refractivity contribution in [3.8, 4) is 5.75 Å². The number of nitrogens with one attached hydrogen (secondary N) is 1. The van der Waals surface area contributed by atoms with Gasteiger partial charge < -0.3 is 15.8 Å². The molecule has 0 aromatic heterocycles. The quantitative estimate of drug-likeness (QED) is 0.716. The number of hydrogen-bond donors (Lipinski definition) is 2. The van der Waals surface area contributed by atoms with Gasteiger partial charge in [-0.1, -0.05) is 12.2 Å². The van der Waals surface area contributed by atoms with Crippen LogP contribution < -0.4 is 15.8 Å². The molecule has 6 heteroatoms. The van der Waals surface area contributed by atoms with Crippen molar-refractivity contribution in [1.29, 1.82) is 0 Å². The van der Waals surface area contributed by atoms with E-state index in [0.717, 1.165) is 31.6 Å². The first-order chi connectivity index (χ1) is 9.51. The fraction of sp³-hybridized carbons (Fsp3) is 0.0714. The Morgan fingerprint density at radius 1 is 1.15 bits per heavy atom. The van der Waals surface area contributed by atoms with Crippen LogP contribution in [0.2, 0.25) is 0 Å². The second-order valence-electron chi connectivity index (χ2n) is 4.03. The van der Waals surface area contributed by atoms with Gasteiger partial charge >= 0.3 is 0 Å². The largest absolute Gasteiger partial charge is 0.497 e. The fourth-order valence-electron chi connectivity index (χ4n) is 1.68. The van der Waals surface area contributed by atoms with E-state index in [1.54, 1.807) is 7.11 Å². The van der Waals surface area contributed by atoms with Crippen molar-refractivity contribution in [2.24, 2.45) is 5.73 Å². The highest BCUT2D eigenvalue weighted by Gasteiger charge is 2.06. The molecule has 2 aromatic carbocycles. The molecule has 0 fully saturated rings. The Bertz CT molecular complexity index is 662. The molecule has 0 spiro atoms. The molecule has 2 aromatic rings. The van der Waals surface area contributed by atoms with Crippen molar-refractivity contribution in [2.75, 3.05) is 12.4 Å². The summed E-state index contributed by atoms with van der Waals surface area (Å²) < 4.78 is 7.03. The maximum absolute atomic E-state index is 5.64. The third kappa shape index (κ3) is 3.50. The van der Waals surface area contributed by atoms with Crippen molar-refractivity contribution in [2.45, 2.75) is 0 Å². The molecule has 0 unspecified atom stereocenters. The molecule has 0 heterocycles. The van der Waals surface area contributed by atoms with E-state index >= 15 is 0 Å². The summed E-state index contributed by atoms with van der Waals surface area (Å²) in [5.41, 5.74) is 8.29. The minimum atomic E-state index is 0.367. The highest BCUT2D eigenvalue weighted by atomic mass is 79.9. The van der Waals surface area contributed by atoms with Gasteiger partial charge in [-0.05, 0) is 62.2 Å². The van der Waals surface area contributed by atoms with Crippen LogP contribution in [0.3, 0.4) is 0 Å². The lowest BCUT2D eigenvalue weighted by molar-refractivity contribution is 0.415. The van der Waals surface area contributed by atoms with E-state index in [0.29, 0.717) is 4.99 Å². The zero-order valence-corrected chi connectivity index (χ0v) is 14.6. The van der Waals surface area contributed by atoms with Crippen molar-refractivity contribution in [3.63, 3.8) is 0 Å². The van der Waals surface area contributed by atoms with Gasteiger partial charge in [-0.15, -0.1) is 0 Å². The molecule has 3 nitrogen and oxygen atoms in total. The molecule has 0 aliphatic heterocycles. The SMILES string of the molecule is COc1ccc(Br)c(Nc2ccc(C(N)=S)c(Br)c2)c1. The lowest BCUT2D eigenvalue weighted by Gasteiger charge is -2.12. The molecule has 104 valence electrons. The van der Waals surface area contributed by atoms with E-state index in [2.05, 4.69) is 37.2 Å². The van der Waals surface area contributed by atoms with E-state index in [9.17, 15) is 0 Å². The zero-order chi connectivity index (χ0) is 14.7. The van der Waals surface area contributed by atoms with E-state index in [1.807, 2.05) is 36.4 Å². The molecular formula is C14H12Br2N2OS. The number of ether oxygens (including phenoxy) is 1. The van der Waals surface area contributed by atoms with E-state index in [1.165, 1.54) is 0 Å². The number of halogens is 2. The summed E-state index contributed by atoms with van der Waals surface area (Å²) in [6, 6.07) is 11.5. The zero-order valence-electron chi connectivity index (χ0n) is 10.6. The van der Waals surface area contributed by atoms with Crippen LogP contribution in [-0.4, -0.2) is 12.1 Å².